The molecule has 4 nitrogen and oxygen atoms in total. The fraction of sp³-hybridized carbons (Fsp3) is 0.750. The predicted octanol–water partition coefficient (Wildman–Crippen LogP) is 1.94. The van der Waals surface area contributed by atoms with Crippen molar-refractivity contribution in [1.82, 2.24) is 4.98 Å². The predicted molar refractivity (Wildman–Crippen MR) is 60.1 cm³/mol. The van der Waals surface area contributed by atoms with Crippen LogP contribution in [0.25, 0.3) is 0 Å². The number of aliphatic hydroxyl groups excluding tert-OH is 1. The summed E-state index contributed by atoms with van der Waals surface area (Å²) in [7, 11) is 0. The fourth-order valence-corrected chi connectivity index (χ4v) is 3.19. The highest BCUT2D eigenvalue weighted by Crippen LogP contribution is 2.38. The summed E-state index contributed by atoms with van der Waals surface area (Å²) in [6.45, 7) is 1.01. The molecule has 2 atom stereocenters. The molecule has 1 N–H and O–H groups in total. The van der Waals surface area contributed by atoms with Crippen LogP contribution in [0.1, 0.15) is 37.8 Å². The molecule has 2 heterocycles. The van der Waals surface area contributed by atoms with E-state index in [2.05, 4.69) is 9.88 Å². The molecule has 4 heteroatoms. The molecule has 3 rings (SSSR count). The lowest BCUT2D eigenvalue weighted by atomic mass is 9.92. The second-order valence-corrected chi connectivity index (χ2v) is 4.87. The van der Waals surface area contributed by atoms with Crippen LogP contribution in [0.3, 0.4) is 0 Å². The van der Waals surface area contributed by atoms with Crippen molar-refractivity contribution in [2.24, 2.45) is 5.92 Å². The molecule has 0 spiro atoms. The van der Waals surface area contributed by atoms with Crippen molar-refractivity contribution in [3.8, 4) is 0 Å². The summed E-state index contributed by atoms with van der Waals surface area (Å²) in [5, 5.41) is 9.00. The van der Waals surface area contributed by atoms with Gasteiger partial charge in [0.2, 0.25) is 0 Å². The van der Waals surface area contributed by atoms with Crippen molar-refractivity contribution >= 4 is 6.01 Å². The Balaban J connectivity index is 1.82. The first-order valence-corrected chi connectivity index (χ1v) is 6.20. The molecular weight excluding hydrogens is 204 g/mol. The zero-order valence-electron chi connectivity index (χ0n) is 9.43. The molecule has 1 saturated carbocycles. The molecule has 88 valence electrons. The molecule has 0 amide bonds. The summed E-state index contributed by atoms with van der Waals surface area (Å²) in [5.74, 6) is 0.832. The van der Waals surface area contributed by atoms with Gasteiger partial charge in [0.1, 0.15) is 12.0 Å². The third-order valence-corrected chi connectivity index (χ3v) is 3.94. The number of hydrogen-bond donors (Lipinski definition) is 1. The summed E-state index contributed by atoms with van der Waals surface area (Å²) in [4.78, 5) is 6.63. The van der Waals surface area contributed by atoms with Crippen LogP contribution in [0.4, 0.5) is 6.01 Å². The lowest BCUT2D eigenvalue weighted by molar-refractivity contribution is 0.276. The number of hydrogen-bond acceptors (Lipinski definition) is 4. The van der Waals surface area contributed by atoms with E-state index in [1.165, 1.54) is 32.1 Å². The summed E-state index contributed by atoms with van der Waals surface area (Å²) in [6.07, 6.45) is 8.11. The Labute approximate surface area is 95.3 Å². The van der Waals surface area contributed by atoms with E-state index in [4.69, 9.17) is 9.52 Å². The van der Waals surface area contributed by atoms with Crippen molar-refractivity contribution in [3.63, 3.8) is 0 Å². The molecule has 16 heavy (non-hydrogen) atoms. The Hall–Kier alpha value is -1.03. The SMILES string of the molecule is OCc1coc(N2CCCC3CCCC32)n1. The normalized spacial score (nSPS) is 29.4. The van der Waals surface area contributed by atoms with Gasteiger partial charge in [0, 0.05) is 12.6 Å². The summed E-state index contributed by atoms with van der Waals surface area (Å²) in [5.41, 5.74) is 0.634. The third-order valence-electron chi connectivity index (χ3n) is 3.94. The number of fused-ring (bicyclic) bond motifs is 1. The van der Waals surface area contributed by atoms with Gasteiger partial charge in [-0.25, -0.2) is 0 Å². The molecule has 1 saturated heterocycles. The maximum atomic E-state index is 9.00. The van der Waals surface area contributed by atoms with E-state index in [9.17, 15) is 0 Å². The highest BCUT2D eigenvalue weighted by molar-refractivity contribution is 5.31. The lowest BCUT2D eigenvalue weighted by Gasteiger charge is -2.36. The van der Waals surface area contributed by atoms with E-state index >= 15 is 0 Å². The van der Waals surface area contributed by atoms with Gasteiger partial charge in [0.15, 0.2) is 0 Å². The first kappa shape index (κ1) is 10.1. The standard InChI is InChI=1S/C12H18N2O2/c15-7-10-8-16-12(13-10)14-6-2-4-9-3-1-5-11(9)14/h8-9,11,15H,1-7H2. The van der Waals surface area contributed by atoms with Crippen molar-refractivity contribution in [2.75, 3.05) is 11.4 Å². The van der Waals surface area contributed by atoms with Crippen LogP contribution in [0.2, 0.25) is 0 Å². The van der Waals surface area contributed by atoms with Gasteiger partial charge in [-0.15, -0.1) is 0 Å². The highest BCUT2D eigenvalue weighted by Gasteiger charge is 2.36. The monoisotopic (exact) mass is 222 g/mol. The number of aromatic nitrogens is 1. The molecule has 2 unspecified atom stereocenters. The van der Waals surface area contributed by atoms with Gasteiger partial charge in [-0.1, -0.05) is 6.42 Å². The van der Waals surface area contributed by atoms with Gasteiger partial charge in [-0.05, 0) is 31.6 Å². The molecular formula is C12H18N2O2. The first-order chi connectivity index (χ1) is 7.88. The Morgan fingerprint density at radius 1 is 1.38 bits per heavy atom. The summed E-state index contributed by atoms with van der Waals surface area (Å²) < 4.78 is 5.46. The second-order valence-electron chi connectivity index (χ2n) is 4.87. The summed E-state index contributed by atoms with van der Waals surface area (Å²) >= 11 is 0. The van der Waals surface area contributed by atoms with Crippen molar-refractivity contribution in [1.29, 1.82) is 0 Å². The molecule has 1 aliphatic heterocycles. The van der Waals surface area contributed by atoms with E-state index in [1.54, 1.807) is 6.26 Å². The fourth-order valence-electron chi connectivity index (χ4n) is 3.19. The average molecular weight is 222 g/mol. The molecule has 0 aromatic carbocycles. The van der Waals surface area contributed by atoms with E-state index in [-0.39, 0.29) is 6.61 Å². The van der Waals surface area contributed by atoms with E-state index in [1.807, 2.05) is 0 Å². The first-order valence-electron chi connectivity index (χ1n) is 6.20. The van der Waals surface area contributed by atoms with Crippen LogP contribution in [-0.2, 0) is 6.61 Å². The van der Waals surface area contributed by atoms with Gasteiger partial charge in [-0.2, -0.15) is 4.98 Å². The lowest BCUT2D eigenvalue weighted by Crippen LogP contribution is -2.42. The quantitative estimate of drug-likeness (QED) is 0.830. The van der Waals surface area contributed by atoms with E-state index in [0.29, 0.717) is 17.8 Å². The summed E-state index contributed by atoms with van der Waals surface area (Å²) in [6, 6.07) is 1.33. The van der Waals surface area contributed by atoms with Gasteiger partial charge < -0.3 is 14.4 Å². The maximum Gasteiger partial charge on any atom is 0.297 e. The molecule has 2 aliphatic rings. The molecule has 1 aromatic heterocycles. The van der Waals surface area contributed by atoms with E-state index < -0.39 is 0 Å². The number of rotatable bonds is 2. The third kappa shape index (κ3) is 1.61. The van der Waals surface area contributed by atoms with Gasteiger partial charge in [-0.3, -0.25) is 0 Å². The largest absolute Gasteiger partial charge is 0.432 e. The highest BCUT2D eigenvalue weighted by atomic mass is 16.4. The zero-order valence-corrected chi connectivity index (χ0v) is 9.43. The Morgan fingerprint density at radius 2 is 2.25 bits per heavy atom. The average Bonchev–Trinajstić information content (AvgIpc) is 2.97. The number of anilines is 1. The van der Waals surface area contributed by atoms with Gasteiger partial charge >= 0.3 is 0 Å². The van der Waals surface area contributed by atoms with Crippen LogP contribution >= 0.6 is 0 Å². The number of nitrogens with zero attached hydrogens (tertiary/aromatic N) is 2. The molecule has 1 aromatic rings. The Morgan fingerprint density at radius 3 is 3.06 bits per heavy atom. The van der Waals surface area contributed by atoms with Crippen LogP contribution in [0.5, 0.6) is 0 Å². The molecule has 0 bridgehead atoms. The minimum Gasteiger partial charge on any atom is -0.432 e. The van der Waals surface area contributed by atoms with Crippen molar-refractivity contribution in [2.45, 2.75) is 44.8 Å². The minimum atomic E-state index is -0.0363. The number of oxazole rings is 1. The second kappa shape index (κ2) is 4.09. The smallest absolute Gasteiger partial charge is 0.297 e. The van der Waals surface area contributed by atoms with Crippen LogP contribution in [0.15, 0.2) is 10.7 Å². The topological polar surface area (TPSA) is 49.5 Å². The van der Waals surface area contributed by atoms with Gasteiger partial charge in [0.25, 0.3) is 6.01 Å². The Bertz CT molecular complexity index is 364. The van der Waals surface area contributed by atoms with E-state index in [0.717, 1.165) is 12.5 Å². The van der Waals surface area contributed by atoms with Crippen molar-refractivity contribution < 1.29 is 9.52 Å². The van der Waals surface area contributed by atoms with Gasteiger partial charge in [0.05, 0.1) is 6.61 Å². The minimum absolute atomic E-state index is 0.0363. The van der Waals surface area contributed by atoms with Crippen LogP contribution in [0, 0.1) is 5.92 Å². The zero-order chi connectivity index (χ0) is 11.0. The number of aliphatic hydroxyl groups is 1. The Kier molecular flexibility index (Phi) is 2.59. The molecule has 0 radical (unpaired) electrons. The van der Waals surface area contributed by atoms with Crippen molar-refractivity contribution in [3.05, 3.63) is 12.0 Å². The molecule has 1 aliphatic carbocycles. The van der Waals surface area contributed by atoms with Crippen LogP contribution < -0.4 is 4.90 Å². The molecule has 2 fully saturated rings. The van der Waals surface area contributed by atoms with Crippen LogP contribution in [-0.4, -0.2) is 22.7 Å². The maximum absolute atomic E-state index is 9.00. The number of piperidine rings is 1.